The quantitative estimate of drug-likeness (QED) is 0.928. The van der Waals surface area contributed by atoms with E-state index < -0.39 is 0 Å². The zero-order valence-electron chi connectivity index (χ0n) is 14.0. The highest BCUT2D eigenvalue weighted by Crippen LogP contribution is 2.41. The summed E-state index contributed by atoms with van der Waals surface area (Å²) in [6.07, 6.45) is 3.66. The number of fused-ring (bicyclic) bond motifs is 1. The van der Waals surface area contributed by atoms with Crippen LogP contribution in [0.3, 0.4) is 0 Å². The van der Waals surface area contributed by atoms with Gasteiger partial charge in [-0.05, 0) is 32.9 Å². The van der Waals surface area contributed by atoms with Crippen molar-refractivity contribution in [1.82, 2.24) is 9.97 Å². The minimum Gasteiger partial charge on any atom is -0.392 e. The summed E-state index contributed by atoms with van der Waals surface area (Å²) in [5.41, 5.74) is 1.88. The van der Waals surface area contributed by atoms with E-state index in [1.54, 1.807) is 23.4 Å². The molecular formula is C18H20ClN3O2. The molecule has 24 heavy (non-hydrogen) atoms. The molecule has 3 heterocycles. The Morgan fingerprint density at radius 2 is 2.08 bits per heavy atom. The Kier molecular flexibility index (Phi) is 4.32. The summed E-state index contributed by atoms with van der Waals surface area (Å²) in [5.74, 6) is 0.364. The van der Waals surface area contributed by atoms with Crippen LogP contribution >= 0.6 is 11.6 Å². The van der Waals surface area contributed by atoms with Crippen LogP contribution in [0.2, 0.25) is 5.02 Å². The van der Waals surface area contributed by atoms with Crippen LogP contribution < -0.4 is 4.90 Å². The predicted octanol–water partition coefficient (Wildman–Crippen LogP) is 3.09. The van der Waals surface area contributed by atoms with E-state index in [1.807, 2.05) is 32.9 Å². The second-order valence-electron chi connectivity index (χ2n) is 6.93. The number of hydrogen-bond acceptors (Lipinski definition) is 4. The van der Waals surface area contributed by atoms with E-state index in [1.165, 1.54) is 0 Å². The van der Waals surface area contributed by atoms with Crippen molar-refractivity contribution in [2.24, 2.45) is 0 Å². The molecule has 0 saturated carbocycles. The van der Waals surface area contributed by atoms with Crippen molar-refractivity contribution in [2.45, 2.75) is 45.3 Å². The zero-order chi connectivity index (χ0) is 17.5. The molecule has 0 unspecified atom stereocenters. The third-order valence-corrected chi connectivity index (χ3v) is 4.39. The molecule has 1 amide bonds. The minimum atomic E-state index is -0.359. The van der Waals surface area contributed by atoms with Crippen LogP contribution in [-0.2, 0) is 17.8 Å². The van der Waals surface area contributed by atoms with Gasteiger partial charge in [0.05, 0.1) is 17.5 Å². The number of amides is 1. The third kappa shape index (κ3) is 2.89. The highest BCUT2D eigenvalue weighted by atomic mass is 35.5. The molecule has 5 nitrogen and oxygen atoms in total. The van der Waals surface area contributed by atoms with Gasteiger partial charge in [0.1, 0.15) is 5.82 Å². The molecule has 0 aromatic carbocycles. The van der Waals surface area contributed by atoms with Gasteiger partial charge in [0.15, 0.2) is 0 Å². The summed E-state index contributed by atoms with van der Waals surface area (Å²) >= 11 is 5.95. The first-order valence-corrected chi connectivity index (χ1v) is 8.24. The van der Waals surface area contributed by atoms with Gasteiger partial charge in [-0.2, -0.15) is 0 Å². The molecule has 6 heteroatoms. The van der Waals surface area contributed by atoms with E-state index in [2.05, 4.69) is 9.97 Å². The number of pyridine rings is 2. The Morgan fingerprint density at radius 1 is 1.33 bits per heavy atom. The number of hydrogen-bond donors (Lipinski definition) is 1. The first-order chi connectivity index (χ1) is 11.3. The van der Waals surface area contributed by atoms with Crippen molar-refractivity contribution in [1.29, 1.82) is 0 Å². The number of rotatable bonds is 3. The lowest BCUT2D eigenvalue weighted by Gasteiger charge is -2.31. The Bertz CT molecular complexity index is 786. The molecule has 3 rings (SSSR count). The monoisotopic (exact) mass is 345 g/mol. The van der Waals surface area contributed by atoms with E-state index in [0.29, 0.717) is 28.5 Å². The normalized spacial score (nSPS) is 17.3. The zero-order valence-corrected chi connectivity index (χ0v) is 14.7. The number of aliphatic hydroxyl groups is 1. The van der Waals surface area contributed by atoms with Crippen LogP contribution in [0.1, 0.15) is 43.5 Å². The Morgan fingerprint density at radius 3 is 2.75 bits per heavy atom. The SMILES string of the molecule is CC(C)(C)N1C(=O)[C@@H](Cc2ncc(Cl)cc2CO)c2cccnc21. The van der Waals surface area contributed by atoms with E-state index >= 15 is 0 Å². The van der Waals surface area contributed by atoms with Crippen LogP contribution in [0, 0.1) is 0 Å². The van der Waals surface area contributed by atoms with Gasteiger partial charge in [-0.25, -0.2) is 4.98 Å². The van der Waals surface area contributed by atoms with Gasteiger partial charge in [0, 0.05) is 41.2 Å². The fourth-order valence-corrected chi connectivity index (χ4v) is 3.31. The van der Waals surface area contributed by atoms with Crippen molar-refractivity contribution in [3.05, 3.63) is 52.4 Å². The molecule has 126 valence electrons. The minimum absolute atomic E-state index is 0.0110. The molecule has 1 atom stereocenters. The average Bonchev–Trinajstić information content (AvgIpc) is 2.81. The lowest BCUT2D eigenvalue weighted by atomic mass is 9.94. The molecule has 0 fully saturated rings. The molecule has 1 aliphatic rings. The first-order valence-electron chi connectivity index (χ1n) is 7.86. The summed E-state index contributed by atoms with van der Waals surface area (Å²) in [6, 6.07) is 5.47. The largest absolute Gasteiger partial charge is 0.392 e. The lowest BCUT2D eigenvalue weighted by Crippen LogP contribution is -2.45. The molecule has 2 aromatic rings. The molecule has 0 saturated heterocycles. The Balaban J connectivity index is 2.02. The van der Waals surface area contributed by atoms with E-state index in [9.17, 15) is 9.90 Å². The summed E-state index contributed by atoms with van der Waals surface area (Å²) < 4.78 is 0. The van der Waals surface area contributed by atoms with E-state index in [4.69, 9.17) is 11.6 Å². The van der Waals surface area contributed by atoms with Crippen molar-refractivity contribution in [3.63, 3.8) is 0 Å². The van der Waals surface area contributed by atoms with Crippen molar-refractivity contribution in [3.8, 4) is 0 Å². The summed E-state index contributed by atoms with van der Waals surface area (Å²) in [4.78, 5) is 23.5. The lowest BCUT2D eigenvalue weighted by molar-refractivity contribution is -0.120. The molecular weight excluding hydrogens is 326 g/mol. The van der Waals surface area contributed by atoms with E-state index in [0.717, 1.165) is 5.56 Å². The molecule has 0 radical (unpaired) electrons. The third-order valence-electron chi connectivity index (χ3n) is 4.19. The van der Waals surface area contributed by atoms with Crippen LogP contribution in [0.5, 0.6) is 0 Å². The Labute approximate surface area is 146 Å². The number of halogens is 1. The van der Waals surface area contributed by atoms with Gasteiger partial charge in [-0.15, -0.1) is 0 Å². The van der Waals surface area contributed by atoms with E-state index in [-0.39, 0.29) is 24.0 Å². The van der Waals surface area contributed by atoms with Gasteiger partial charge in [0.2, 0.25) is 5.91 Å². The van der Waals surface area contributed by atoms with Gasteiger partial charge >= 0.3 is 0 Å². The second-order valence-corrected chi connectivity index (χ2v) is 7.37. The molecule has 0 spiro atoms. The predicted molar refractivity (Wildman–Crippen MR) is 93.1 cm³/mol. The van der Waals surface area contributed by atoms with Crippen molar-refractivity contribution in [2.75, 3.05) is 4.90 Å². The highest BCUT2D eigenvalue weighted by molar-refractivity contribution is 6.30. The van der Waals surface area contributed by atoms with Crippen LogP contribution in [0.25, 0.3) is 0 Å². The molecule has 0 aliphatic carbocycles. The average molecular weight is 346 g/mol. The maximum Gasteiger partial charge on any atom is 0.236 e. The number of anilines is 1. The molecule has 1 N–H and O–H groups in total. The van der Waals surface area contributed by atoms with Crippen LogP contribution in [0.15, 0.2) is 30.6 Å². The highest BCUT2D eigenvalue weighted by Gasteiger charge is 2.43. The summed E-state index contributed by atoms with van der Waals surface area (Å²) in [7, 11) is 0. The van der Waals surface area contributed by atoms with Crippen LogP contribution in [0.4, 0.5) is 5.82 Å². The first kappa shape index (κ1) is 16.9. The topological polar surface area (TPSA) is 66.3 Å². The van der Waals surface area contributed by atoms with Crippen LogP contribution in [-0.4, -0.2) is 26.5 Å². The number of nitrogens with zero attached hydrogens (tertiary/aromatic N) is 3. The van der Waals surface area contributed by atoms with Gasteiger partial charge in [0.25, 0.3) is 0 Å². The number of carbonyl (C=O) groups excluding carboxylic acids is 1. The molecule has 1 aliphatic heterocycles. The number of carbonyl (C=O) groups is 1. The second kappa shape index (κ2) is 6.15. The van der Waals surface area contributed by atoms with Gasteiger partial charge in [-0.1, -0.05) is 17.7 Å². The molecule has 0 bridgehead atoms. The fourth-order valence-electron chi connectivity index (χ4n) is 3.13. The maximum absolute atomic E-state index is 13.0. The Hall–Kier alpha value is -1.98. The maximum atomic E-state index is 13.0. The summed E-state index contributed by atoms with van der Waals surface area (Å²) in [5, 5.41) is 10.0. The van der Waals surface area contributed by atoms with Crippen molar-refractivity contribution < 1.29 is 9.90 Å². The summed E-state index contributed by atoms with van der Waals surface area (Å²) in [6.45, 7) is 5.81. The number of aromatic nitrogens is 2. The number of aliphatic hydroxyl groups excluding tert-OH is 1. The van der Waals surface area contributed by atoms with Gasteiger partial charge < -0.3 is 5.11 Å². The standard InChI is InChI=1S/C18H20ClN3O2/c1-18(2,3)22-16-13(5-4-6-20-16)14(17(22)24)8-15-11(10-23)7-12(19)9-21-15/h4-7,9,14,23H,8,10H2,1-3H3/t14-/m0/s1. The fraction of sp³-hybridized carbons (Fsp3) is 0.389. The smallest absolute Gasteiger partial charge is 0.236 e. The van der Waals surface area contributed by atoms with Crippen molar-refractivity contribution >= 4 is 23.3 Å². The molecule has 2 aromatic heterocycles. The van der Waals surface area contributed by atoms with Gasteiger partial charge in [-0.3, -0.25) is 14.7 Å².